The van der Waals surface area contributed by atoms with E-state index in [0.717, 1.165) is 42.7 Å². The quantitative estimate of drug-likeness (QED) is 0.151. The Balaban J connectivity index is 1.04. The average Bonchev–Trinajstić information content (AvgIpc) is 3.30. The minimum absolute atomic E-state index is 1.07. The van der Waals surface area contributed by atoms with Crippen molar-refractivity contribution < 1.29 is 0 Å². The Morgan fingerprint density at radius 1 is 0.368 bits per heavy atom. The summed E-state index contributed by atoms with van der Waals surface area (Å²) in [6.45, 7) is 0. The average molecular weight is 730 g/mol. The van der Waals surface area contributed by atoms with Crippen LogP contribution in [0.1, 0.15) is 36.0 Å². The van der Waals surface area contributed by atoms with E-state index in [2.05, 4.69) is 217 Å². The van der Waals surface area contributed by atoms with E-state index >= 15 is 0 Å². The number of nitrogens with zero attached hydrogens (tertiary/aromatic N) is 1. The molecule has 0 aromatic heterocycles. The maximum atomic E-state index is 2.39. The van der Waals surface area contributed by atoms with E-state index in [1.807, 2.05) is 0 Å². The molecule has 0 unspecified atom stereocenters. The highest BCUT2D eigenvalue weighted by Gasteiger charge is 2.17. The number of fused-ring (bicyclic) bond motifs is 2. The Morgan fingerprint density at radius 2 is 0.947 bits per heavy atom. The minimum Gasteiger partial charge on any atom is -0.311 e. The van der Waals surface area contributed by atoms with Gasteiger partial charge in [-0.3, -0.25) is 0 Å². The van der Waals surface area contributed by atoms with Gasteiger partial charge in [-0.25, -0.2) is 0 Å². The summed E-state index contributed by atoms with van der Waals surface area (Å²) < 4.78 is 0. The summed E-state index contributed by atoms with van der Waals surface area (Å²) in [6, 6.07) is 67.2. The van der Waals surface area contributed by atoms with Crippen molar-refractivity contribution in [1.29, 1.82) is 0 Å². The normalized spacial score (nSPS) is 13.3. The van der Waals surface area contributed by atoms with Gasteiger partial charge in [0.2, 0.25) is 0 Å². The lowest BCUT2D eigenvalue weighted by Gasteiger charge is -2.26. The highest BCUT2D eigenvalue weighted by Crippen LogP contribution is 2.41. The van der Waals surface area contributed by atoms with Gasteiger partial charge in [-0.15, -0.1) is 0 Å². The second kappa shape index (κ2) is 15.3. The zero-order valence-electron chi connectivity index (χ0n) is 32.0. The molecule has 272 valence electrons. The van der Waals surface area contributed by atoms with Gasteiger partial charge in [0.15, 0.2) is 0 Å². The second-order valence-corrected chi connectivity index (χ2v) is 15.2. The first kappa shape index (κ1) is 34.5. The molecular formula is C56H43N. The van der Waals surface area contributed by atoms with Gasteiger partial charge in [0.05, 0.1) is 0 Å². The molecule has 10 rings (SSSR count). The molecule has 1 nitrogen and oxygen atoms in total. The van der Waals surface area contributed by atoms with Crippen LogP contribution in [0.15, 0.2) is 206 Å². The van der Waals surface area contributed by atoms with E-state index in [1.165, 1.54) is 77.5 Å². The van der Waals surface area contributed by atoms with Crippen LogP contribution in [0.4, 0.5) is 17.1 Å². The Morgan fingerprint density at radius 3 is 1.65 bits per heavy atom. The second-order valence-electron chi connectivity index (χ2n) is 15.2. The van der Waals surface area contributed by atoms with Crippen molar-refractivity contribution in [2.24, 2.45) is 0 Å². The Bertz CT molecular complexity index is 2800. The van der Waals surface area contributed by atoms with Crippen molar-refractivity contribution >= 4 is 39.5 Å². The van der Waals surface area contributed by atoms with Crippen LogP contribution in [0.5, 0.6) is 0 Å². The van der Waals surface area contributed by atoms with Gasteiger partial charge in [0.1, 0.15) is 0 Å². The number of aryl methyl sites for hydroxylation is 1. The highest BCUT2D eigenvalue weighted by molar-refractivity contribution is 5.90. The van der Waals surface area contributed by atoms with Crippen molar-refractivity contribution in [1.82, 2.24) is 0 Å². The van der Waals surface area contributed by atoms with E-state index in [0.29, 0.717) is 0 Å². The number of rotatable bonds is 8. The molecule has 0 saturated heterocycles. The van der Waals surface area contributed by atoms with Gasteiger partial charge in [-0.1, -0.05) is 158 Å². The number of hydrogen-bond acceptors (Lipinski definition) is 1. The Hall–Kier alpha value is -6.96. The monoisotopic (exact) mass is 729 g/mol. The highest BCUT2D eigenvalue weighted by atomic mass is 15.1. The third kappa shape index (κ3) is 7.05. The molecule has 0 fully saturated rings. The summed E-state index contributed by atoms with van der Waals surface area (Å²) in [4.78, 5) is 2.38. The Kier molecular flexibility index (Phi) is 9.26. The van der Waals surface area contributed by atoms with Crippen LogP contribution in [-0.4, -0.2) is 0 Å². The predicted octanol–water partition coefficient (Wildman–Crippen LogP) is 15.7. The smallest absolute Gasteiger partial charge is 0.0462 e. The number of anilines is 3. The lowest BCUT2D eigenvalue weighted by atomic mass is 9.89. The molecule has 0 spiro atoms. The molecule has 0 saturated carbocycles. The topological polar surface area (TPSA) is 3.24 Å². The molecule has 0 atom stereocenters. The van der Waals surface area contributed by atoms with Crippen LogP contribution in [0.25, 0.3) is 66.9 Å². The third-order valence-corrected chi connectivity index (χ3v) is 11.6. The van der Waals surface area contributed by atoms with Gasteiger partial charge < -0.3 is 4.90 Å². The summed E-state index contributed by atoms with van der Waals surface area (Å²) in [5.41, 5.74) is 18.6. The van der Waals surface area contributed by atoms with E-state index < -0.39 is 0 Å². The molecule has 2 aliphatic rings. The summed E-state index contributed by atoms with van der Waals surface area (Å²) in [6.07, 6.45) is 15.7. The first-order valence-electron chi connectivity index (χ1n) is 20.2. The lowest BCUT2D eigenvalue weighted by Crippen LogP contribution is -2.09. The molecule has 0 bridgehead atoms. The summed E-state index contributed by atoms with van der Waals surface area (Å²) in [7, 11) is 0. The molecule has 0 amide bonds. The fourth-order valence-corrected chi connectivity index (χ4v) is 8.51. The molecule has 8 aromatic rings. The molecule has 2 aliphatic carbocycles. The largest absolute Gasteiger partial charge is 0.311 e. The van der Waals surface area contributed by atoms with Gasteiger partial charge in [0, 0.05) is 17.1 Å². The maximum Gasteiger partial charge on any atom is 0.0462 e. The van der Waals surface area contributed by atoms with Crippen LogP contribution in [0.2, 0.25) is 0 Å². The first-order chi connectivity index (χ1) is 28.2. The van der Waals surface area contributed by atoms with Crippen molar-refractivity contribution in [2.45, 2.75) is 25.7 Å². The zero-order valence-corrected chi connectivity index (χ0v) is 32.0. The Labute approximate surface area is 336 Å². The van der Waals surface area contributed by atoms with Crippen molar-refractivity contribution in [3.8, 4) is 44.5 Å². The van der Waals surface area contributed by atoms with Gasteiger partial charge >= 0.3 is 0 Å². The van der Waals surface area contributed by atoms with Gasteiger partial charge in [0.25, 0.3) is 0 Å². The maximum absolute atomic E-state index is 2.39. The van der Waals surface area contributed by atoms with Gasteiger partial charge in [-0.05, 0) is 158 Å². The zero-order chi connectivity index (χ0) is 38.0. The van der Waals surface area contributed by atoms with Crippen molar-refractivity contribution in [3.63, 3.8) is 0 Å². The van der Waals surface area contributed by atoms with E-state index in [-0.39, 0.29) is 0 Å². The van der Waals surface area contributed by atoms with Crippen LogP contribution in [0, 0.1) is 0 Å². The molecule has 0 radical (unpaired) electrons. The SMILES string of the molecule is C1=CCCC(c2ccc(-c3ccccc3)c(-c3ccc(N(c4ccc(-c5ccc6c(c5)C=CCC6)cc4)c4ccc(-c5ccc6ccccc6c5)cc4)cc3)c2)=C1. The summed E-state index contributed by atoms with van der Waals surface area (Å²) >= 11 is 0. The van der Waals surface area contributed by atoms with E-state index in [4.69, 9.17) is 0 Å². The standard InChI is InChI=1S/C56H43N/c1-3-11-40(12-4-1)51-29-36-55(45-15-5-2-6-16-45)56(39-51)46-27-34-54(35-28-46)57(52-30-23-43(24-31-52)49-21-19-41-13-7-9-17-47(41)37-49)53-32-25-44(26-33-53)50-22-20-42-14-8-10-18-48(42)38-50/h1-3,5-7,9-11,13,15-39H,4,8,12,14H2. The molecule has 57 heavy (non-hydrogen) atoms. The molecule has 8 aromatic carbocycles. The minimum atomic E-state index is 1.07. The predicted molar refractivity (Wildman–Crippen MR) is 244 cm³/mol. The molecule has 1 heteroatoms. The number of hydrogen-bond donors (Lipinski definition) is 0. The van der Waals surface area contributed by atoms with Crippen LogP contribution < -0.4 is 4.90 Å². The van der Waals surface area contributed by atoms with Crippen molar-refractivity contribution in [2.75, 3.05) is 4.90 Å². The number of allylic oxidation sites excluding steroid dienone is 5. The first-order valence-corrected chi connectivity index (χ1v) is 20.2. The fraction of sp³-hybridized carbons (Fsp3) is 0.0714. The van der Waals surface area contributed by atoms with Gasteiger partial charge in [-0.2, -0.15) is 0 Å². The lowest BCUT2D eigenvalue weighted by molar-refractivity contribution is 0.986. The van der Waals surface area contributed by atoms with Crippen LogP contribution in [0.3, 0.4) is 0 Å². The summed E-state index contributed by atoms with van der Waals surface area (Å²) in [5, 5.41) is 2.51. The fourth-order valence-electron chi connectivity index (χ4n) is 8.51. The van der Waals surface area contributed by atoms with E-state index in [1.54, 1.807) is 0 Å². The number of benzene rings is 8. The van der Waals surface area contributed by atoms with Crippen molar-refractivity contribution in [3.05, 3.63) is 223 Å². The molecule has 0 heterocycles. The molecule has 0 aliphatic heterocycles. The van der Waals surface area contributed by atoms with E-state index in [9.17, 15) is 0 Å². The third-order valence-electron chi connectivity index (χ3n) is 11.6. The van der Waals surface area contributed by atoms with Crippen LogP contribution in [-0.2, 0) is 6.42 Å². The molecular weight excluding hydrogens is 687 g/mol. The summed E-state index contributed by atoms with van der Waals surface area (Å²) in [5.74, 6) is 0. The molecule has 0 N–H and O–H groups in total. The van der Waals surface area contributed by atoms with Crippen LogP contribution >= 0.6 is 0 Å².